The number of benzene rings is 2. The number of ether oxygens (including phenoxy) is 4. The number of fused-ring (bicyclic) bond motifs is 1. The second-order valence-electron chi connectivity index (χ2n) is 9.46. The van der Waals surface area contributed by atoms with Crippen molar-refractivity contribution in [3.63, 3.8) is 0 Å². The highest BCUT2D eigenvalue weighted by Crippen LogP contribution is 2.40. The molecule has 220 valence electrons. The van der Waals surface area contributed by atoms with Gasteiger partial charge in [-0.3, -0.25) is 9.59 Å². The number of hydrazone groups is 1. The van der Waals surface area contributed by atoms with Gasteiger partial charge in [-0.25, -0.2) is 15.0 Å². The van der Waals surface area contributed by atoms with Crippen molar-refractivity contribution in [3.8, 4) is 17.2 Å². The zero-order valence-electron chi connectivity index (χ0n) is 23.6. The Bertz CT molecular complexity index is 1510. The Morgan fingerprint density at radius 1 is 1.00 bits per heavy atom. The van der Waals surface area contributed by atoms with Crippen LogP contribution in [0.15, 0.2) is 47.6 Å². The van der Waals surface area contributed by atoms with Crippen LogP contribution in [0.2, 0.25) is 0 Å². The van der Waals surface area contributed by atoms with Crippen LogP contribution in [0.3, 0.4) is 0 Å². The number of methoxy groups -OCH3 is 2. The smallest absolute Gasteiger partial charge is 0.343 e. The highest BCUT2D eigenvalue weighted by molar-refractivity contribution is 7.17. The number of hydrogen-bond acceptors (Lipinski definition) is 10. The molecule has 4 rings (SSSR count). The van der Waals surface area contributed by atoms with Crippen molar-refractivity contribution in [2.75, 3.05) is 26.1 Å². The molecular weight excluding hydrogens is 562 g/mol. The molecular formula is C30H31N3O8S. The molecule has 42 heavy (non-hydrogen) atoms. The van der Waals surface area contributed by atoms with Gasteiger partial charge < -0.3 is 24.3 Å². The monoisotopic (exact) mass is 593 g/mol. The molecule has 1 atom stereocenters. The van der Waals surface area contributed by atoms with Gasteiger partial charge in [-0.05, 0) is 85.7 Å². The fourth-order valence-corrected chi connectivity index (χ4v) is 5.76. The second kappa shape index (κ2) is 13.8. The lowest BCUT2D eigenvalue weighted by Crippen LogP contribution is -2.32. The number of thiophene rings is 1. The van der Waals surface area contributed by atoms with Crippen LogP contribution in [0.25, 0.3) is 0 Å². The summed E-state index contributed by atoms with van der Waals surface area (Å²) in [6.07, 6.45) is 3.73. The van der Waals surface area contributed by atoms with Gasteiger partial charge in [-0.2, -0.15) is 5.10 Å². The van der Waals surface area contributed by atoms with E-state index in [9.17, 15) is 19.2 Å². The molecule has 2 amide bonds. The Kier molecular flexibility index (Phi) is 9.92. The lowest BCUT2D eigenvalue weighted by molar-refractivity contribution is -0.136. The average molecular weight is 594 g/mol. The Labute approximate surface area is 246 Å². The molecule has 0 radical (unpaired) electrons. The molecule has 11 nitrogen and oxygen atoms in total. The molecule has 0 saturated heterocycles. The van der Waals surface area contributed by atoms with Crippen molar-refractivity contribution in [1.29, 1.82) is 0 Å². The van der Waals surface area contributed by atoms with E-state index in [0.717, 1.165) is 23.3 Å². The first-order valence-corrected chi connectivity index (χ1v) is 14.1. The topological polar surface area (TPSA) is 142 Å². The van der Waals surface area contributed by atoms with E-state index in [1.54, 1.807) is 43.3 Å². The zero-order chi connectivity index (χ0) is 30.2. The highest BCUT2D eigenvalue weighted by atomic mass is 32.1. The third kappa shape index (κ3) is 7.13. The predicted molar refractivity (Wildman–Crippen MR) is 157 cm³/mol. The third-order valence-corrected chi connectivity index (χ3v) is 7.69. The van der Waals surface area contributed by atoms with Crippen LogP contribution in [-0.2, 0) is 27.2 Å². The van der Waals surface area contributed by atoms with Gasteiger partial charge in [0.05, 0.1) is 38.2 Å². The van der Waals surface area contributed by atoms with Gasteiger partial charge in [0, 0.05) is 4.88 Å². The van der Waals surface area contributed by atoms with Crippen molar-refractivity contribution in [2.45, 2.75) is 33.1 Å². The van der Waals surface area contributed by atoms with E-state index in [0.29, 0.717) is 39.8 Å². The number of hydrogen-bond donors (Lipinski definition) is 2. The van der Waals surface area contributed by atoms with Gasteiger partial charge >= 0.3 is 23.8 Å². The van der Waals surface area contributed by atoms with Crippen molar-refractivity contribution < 1.29 is 38.1 Å². The zero-order valence-corrected chi connectivity index (χ0v) is 24.5. The van der Waals surface area contributed by atoms with E-state index in [-0.39, 0.29) is 18.1 Å². The molecule has 1 aliphatic carbocycles. The van der Waals surface area contributed by atoms with Crippen LogP contribution in [0.5, 0.6) is 17.2 Å². The molecule has 0 fully saturated rings. The van der Waals surface area contributed by atoms with Crippen LogP contribution in [-0.4, -0.2) is 50.8 Å². The minimum atomic E-state index is -1.02. The fraction of sp³-hybridized carbons (Fsp3) is 0.300. The minimum absolute atomic E-state index is 0.185. The van der Waals surface area contributed by atoms with E-state index in [1.807, 2.05) is 0 Å². The summed E-state index contributed by atoms with van der Waals surface area (Å²) in [6.45, 7) is 4.04. The molecule has 3 aromatic rings. The Hall–Kier alpha value is -4.71. The standard InChI is InChI=1S/C30H31N3O8S/c1-5-40-30(37)25-21-12-6-17(2)14-24(21)42-28(25)32-26(34)27(35)33-31-16-18-7-13-22(23(15-18)39-4)41-29(36)19-8-10-20(38-3)11-9-19/h7-11,13,15-17H,5-6,12,14H2,1-4H3,(H,32,34)(H,33,35)/b31-16-/t17-/m0/s1. The van der Waals surface area contributed by atoms with Crippen molar-refractivity contribution in [3.05, 3.63) is 69.6 Å². The van der Waals surface area contributed by atoms with Gasteiger partial charge in [0.1, 0.15) is 10.8 Å². The maximum Gasteiger partial charge on any atom is 0.343 e. The van der Waals surface area contributed by atoms with Crippen LogP contribution in [0, 0.1) is 5.92 Å². The normalized spacial score (nSPS) is 14.0. The summed E-state index contributed by atoms with van der Waals surface area (Å²) in [6, 6.07) is 11.1. The van der Waals surface area contributed by atoms with Gasteiger partial charge in [-0.1, -0.05) is 6.92 Å². The van der Waals surface area contributed by atoms with E-state index in [2.05, 4.69) is 22.8 Å². The minimum Gasteiger partial charge on any atom is -0.497 e. The number of rotatable bonds is 9. The summed E-state index contributed by atoms with van der Waals surface area (Å²) in [7, 11) is 2.95. The van der Waals surface area contributed by atoms with Gasteiger partial charge in [0.25, 0.3) is 0 Å². The van der Waals surface area contributed by atoms with Gasteiger partial charge in [0.15, 0.2) is 11.5 Å². The molecule has 0 aliphatic heterocycles. The van der Waals surface area contributed by atoms with Crippen molar-refractivity contribution >= 4 is 46.3 Å². The number of carbonyl (C=O) groups is 4. The molecule has 0 spiro atoms. The molecule has 12 heteroatoms. The van der Waals surface area contributed by atoms with E-state index in [4.69, 9.17) is 18.9 Å². The first kappa shape index (κ1) is 30.3. The van der Waals surface area contributed by atoms with E-state index in [1.165, 1.54) is 37.8 Å². The lowest BCUT2D eigenvalue weighted by Gasteiger charge is -2.18. The molecule has 2 N–H and O–H groups in total. The number of nitrogens with one attached hydrogen (secondary N) is 2. The van der Waals surface area contributed by atoms with Crippen LogP contribution < -0.4 is 25.0 Å². The number of amides is 2. The summed E-state index contributed by atoms with van der Waals surface area (Å²) in [4.78, 5) is 51.3. The van der Waals surface area contributed by atoms with Crippen LogP contribution >= 0.6 is 11.3 Å². The number of nitrogens with zero attached hydrogens (tertiary/aromatic N) is 1. The van der Waals surface area contributed by atoms with Crippen LogP contribution in [0.4, 0.5) is 5.00 Å². The molecule has 2 aromatic carbocycles. The van der Waals surface area contributed by atoms with E-state index >= 15 is 0 Å². The van der Waals surface area contributed by atoms with Crippen molar-refractivity contribution in [1.82, 2.24) is 5.43 Å². The second-order valence-corrected chi connectivity index (χ2v) is 10.6. The van der Waals surface area contributed by atoms with E-state index < -0.39 is 23.8 Å². The molecule has 0 saturated carbocycles. The Balaban J connectivity index is 1.39. The Morgan fingerprint density at radius 3 is 2.45 bits per heavy atom. The lowest BCUT2D eigenvalue weighted by atomic mass is 9.88. The molecule has 1 heterocycles. The number of carbonyl (C=O) groups excluding carboxylic acids is 4. The predicted octanol–water partition coefficient (Wildman–Crippen LogP) is 4.37. The maximum absolute atomic E-state index is 12.7. The highest BCUT2D eigenvalue weighted by Gasteiger charge is 2.30. The quantitative estimate of drug-likeness (QED) is 0.122. The first-order valence-electron chi connectivity index (χ1n) is 13.2. The molecule has 0 unspecified atom stereocenters. The maximum atomic E-state index is 12.7. The van der Waals surface area contributed by atoms with Crippen molar-refractivity contribution in [2.24, 2.45) is 11.0 Å². The Morgan fingerprint density at radius 2 is 1.76 bits per heavy atom. The van der Waals surface area contributed by atoms with Gasteiger partial charge in [-0.15, -0.1) is 11.3 Å². The molecule has 1 aliphatic rings. The molecule has 1 aromatic heterocycles. The number of esters is 2. The first-order chi connectivity index (χ1) is 20.2. The summed E-state index contributed by atoms with van der Waals surface area (Å²) in [5.74, 6) is -1.58. The SMILES string of the molecule is CCOC(=O)c1c(NC(=O)C(=O)N/N=C\c2ccc(OC(=O)c3ccc(OC)cc3)c(OC)c2)sc2c1CC[C@H](C)C2. The fourth-order valence-electron chi connectivity index (χ4n) is 4.37. The summed E-state index contributed by atoms with van der Waals surface area (Å²) >= 11 is 1.29. The number of anilines is 1. The van der Waals surface area contributed by atoms with Crippen LogP contribution in [0.1, 0.15) is 57.0 Å². The summed E-state index contributed by atoms with van der Waals surface area (Å²) in [5.41, 5.74) is 4.20. The summed E-state index contributed by atoms with van der Waals surface area (Å²) < 4.78 is 21.1. The van der Waals surface area contributed by atoms with Gasteiger partial charge in [0.2, 0.25) is 0 Å². The molecule has 0 bridgehead atoms. The summed E-state index contributed by atoms with van der Waals surface area (Å²) in [5, 5.41) is 6.69. The average Bonchev–Trinajstić information content (AvgIpc) is 3.34. The third-order valence-electron chi connectivity index (χ3n) is 6.52. The largest absolute Gasteiger partial charge is 0.497 e.